The molecule has 5 rings (SSSR count). The first-order valence-electron chi connectivity index (χ1n) is 9.05. The molecule has 0 saturated heterocycles. The fraction of sp³-hybridized carbons (Fsp3) is 0. The Morgan fingerprint density at radius 1 is 0.897 bits per heavy atom. The second kappa shape index (κ2) is 7.39. The molecule has 0 fully saturated rings. The van der Waals surface area contributed by atoms with Crippen molar-refractivity contribution in [1.82, 2.24) is 0 Å². The summed E-state index contributed by atoms with van der Waals surface area (Å²) < 4.78 is 3.12. The molecule has 1 aliphatic rings. The average molecular weight is 461 g/mol. The highest BCUT2D eigenvalue weighted by Crippen LogP contribution is 2.30. The van der Waals surface area contributed by atoms with E-state index in [9.17, 15) is 4.79 Å². The summed E-state index contributed by atoms with van der Waals surface area (Å²) in [4.78, 5) is 17.3. The molecule has 0 spiro atoms. The number of nitrogens with zero attached hydrogens (tertiary/aromatic N) is 2. The molecular weight excluding hydrogens is 446 g/mol. The number of carbonyl (C=O) groups is 1. The number of fused-ring (bicyclic) bond motifs is 1. The number of rotatable bonds is 3. The van der Waals surface area contributed by atoms with Gasteiger partial charge in [-0.05, 0) is 64.9 Å². The van der Waals surface area contributed by atoms with Crippen molar-refractivity contribution in [3.63, 3.8) is 0 Å². The molecule has 1 aromatic heterocycles. The molecule has 0 bridgehead atoms. The summed E-state index contributed by atoms with van der Waals surface area (Å²) in [5, 5.41) is 5.72. The Labute approximate surface area is 180 Å². The third-order valence-electron chi connectivity index (χ3n) is 4.72. The van der Waals surface area contributed by atoms with Gasteiger partial charge < -0.3 is 5.32 Å². The third-order valence-corrected chi connectivity index (χ3v) is 6.07. The summed E-state index contributed by atoms with van der Waals surface area (Å²) in [7, 11) is 0. The zero-order valence-corrected chi connectivity index (χ0v) is 17.6. The second-order valence-corrected chi connectivity index (χ2v) is 8.29. The van der Waals surface area contributed by atoms with Crippen molar-refractivity contribution in [2.45, 2.75) is 0 Å². The van der Waals surface area contributed by atoms with Crippen molar-refractivity contribution >= 4 is 49.7 Å². The van der Waals surface area contributed by atoms with E-state index in [1.807, 2.05) is 66.7 Å². The smallest absolute Gasteiger partial charge is 0.318 e. The number of aromatic nitrogens is 1. The van der Waals surface area contributed by atoms with Crippen molar-refractivity contribution in [2.24, 2.45) is 4.99 Å². The fourth-order valence-corrected chi connectivity index (χ4v) is 4.52. The number of nitrogens with one attached hydrogen (secondary N) is 1. The number of para-hydroxylation sites is 2. The number of benzene rings is 3. The number of halogens is 1. The SMILES string of the molecule is O=C1Nc2ccccc2/C1=N/c1scc(-c2ccc(Br)cc2)[n+]1-c1ccccc1. The maximum atomic E-state index is 12.5. The van der Waals surface area contributed by atoms with Crippen LogP contribution >= 0.6 is 27.3 Å². The van der Waals surface area contributed by atoms with Crippen LogP contribution in [0, 0.1) is 0 Å². The van der Waals surface area contributed by atoms with Crippen LogP contribution in [0.15, 0.2) is 93.7 Å². The minimum Gasteiger partial charge on any atom is -0.318 e. The summed E-state index contributed by atoms with van der Waals surface area (Å²) >= 11 is 5.01. The Morgan fingerprint density at radius 3 is 2.41 bits per heavy atom. The number of thiazole rings is 1. The van der Waals surface area contributed by atoms with Crippen LogP contribution in [0.2, 0.25) is 0 Å². The molecule has 4 nitrogen and oxygen atoms in total. The lowest BCUT2D eigenvalue weighted by atomic mass is 10.1. The lowest BCUT2D eigenvalue weighted by Gasteiger charge is -2.04. The Kier molecular flexibility index (Phi) is 4.58. The highest BCUT2D eigenvalue weighted by Gasteiger charge is 2.32. The predicted octanol–water partition coefficient (Wildman–Crippen LogP) is 5.53. The zero-order chi connectivity index (χ0) is 19.8. The molecule has 0 saturated carbocycles. The van der Waals surface area contributed by atoms with Gasteiger partial charge in [0, 0.05) is 15.4 Å². The van der Waals surface area contributed by atoms with E-state index < -0.39 is 0 Å². The third kappa shape index (κ3) is 3.30. The average Bonchev–Trinajstić information content (AvgIpc) is 3.31. The summed E-state index contributed by atoms with van der Waals surface area (Å²) in [6.07, 6.45) is 0. The van der Waals surface area contributed by atoms with Gasteiger partial charge in [-0.1, -0.05) is 46.3 Å². The van der Waals surface area contributed by atoms with Crippen molar-refractivity contribution in [1.29, 1.82) is 0 Å². The van der Waals surface area contributed by atoms with E-state index in [0.29, 0.717) is 5.71 Å². The second-order valence-electron chi connectivity index (χ2n) is 6.54. The first-order chi connectivity index (χ1) is 14.2. The molecule has 4 aromatic rings. The molecule has 6 heteroatoms. The predicted molar refractivity (Wildman–Crippen MR) is 120 cm³/mol. The van der Waals surface area contributed by atoms with Crippen molar-refractivity contribution in [3.8, 4) is 16.9 Å². The quantitative estimate of drug-likeness (QED) is 0.401. The van der Waals surface area contributed by atoms with E-state index in [4.69, 9.17) is 4.99 Å². The van der Waals surface area contributed by atoms with Gasteiger partial charge in [0.05, 0.1) is 11.3 Å². The number of carbonyl (C=O) groups excluding carboxylic acids is 1. The minimum absolute atomic E-state index is 0.176. The normalized spacial score (nSPS) is 14.1. The maximum absolute atomic E-state index is 12.5. The summed E-state index contributed by atoms with van der Waals surface area (Å²) in [6, 6.07) is 25.9. The van der Waals surface area contributed by atoms with Gasteiger partial charge in [0.2, 0.25) is 0 Å². The maximum Gasteiger partial charge on any atom is 0.388 e. The standard InChI is InChI=1S/C23H14BrN3OS/c24-16-12-10-15(11-13-16)20-14-29-23(27(20)17-6-2-1-3-7-17)26-21-18-8-4-5-9-19(18)25-22(21)28/h1-14H/p+1. The topological polar surface area (TPSA) is 45.3 Å². The van der Waals surface area contributed by atoms with Crippen LogP contribution in [0.25, 0.3) is 16.9 Å². The lowest BCUT2D eigenvalue weighted by molar-refractivity contribution is -0.565. The van der Waals surface area contributed by atoms with Crippen LogP contribution in [0.4, 0.5) is 10.8 Å². The van der Waals surface area contributed by atoms with Crippen LogP contribution in [0.1, 0.15) is 5.56 Å². The number of hydrogen-bond donors (Lipinski definition) is 1. The molecule has 0 unspecified atom stereocenters. The molecule has 1 N–H and O–H groups in total. The van der Waals surface area contributed by atoms with Gasteiger partial charge in [-0.2, -0.15) is 4.57 Å². The highest BCUT2D eigenvalue weighted by atomic mass is 79.9. The van der Waals surface area contributed by atoms with E-state index in [1.54, 1.807) is 0 Å². The summed E-state index contributed by atoms with van der Waals surface area (Å²) in [5.74, 6) is -0.176. The largest absolute Gasteiger partial charge is 0.388 e. The lowest BCUT2D eigenvalue weighted by Crippen LogP contribution is -2.31. The van der Waals surface area contributed by atoms with Gasteiger partial charge in [0.15, 0.2) is 5.69 Å². The summed E-state index contributed by atoms with van der Waals surface area (Å²) in [6.45, 7) is 0. The van der Waals surface area contributed by atoms with Gasteiger partial charge in [-0.25, -0.2) is 0 Å². The molecule has 2 heterocycles. The van der Waals surface area contributed by atoms with E-state index in [2.05, 4.69) is 43.3 Å². The Hall–Kier alpha value is -3.09. The van der Waals surface area contributed by atoms with Gasteiger partial charge in [0.25, 0.3) is 5.71 Å². The van der Waals surface area contributed by atoms with Gasteiger partial charge >= 0.3 is 11.0 Å². The fourth-order valence-electron chi connectivity index (χ4n) is 3.35. The van der Waals surface area contributed by atoms with E-state index in [1.165, 1.54) is 11.3 Å². The molecule has 29 heavy (non-hydrogen) atoms. The van der Waals surface area contributed by atoms with E-state index >= 15 is 0 Å². The van der Waals surface area contributed by atoms with E-state index in [0.717, 1.165) is 37.8 Å². The highest BCUT2D eigenvalue weighted by molar-refractivity contribution is 9.10. The van der Waals surface area contributed by atoms with Gasteiger partial charge in [0.1, 0.15) is 5.69 Å². The number of amides is 1. The Bertz CT molecular complexity index is 1250. The molecule has 1 amide bonds. The van der Waals surface area contributed by atoms with E-state index in [-0.39, 0.29) is 5.91 Å². The van der Waals surface area contributed by atoms with Crippen LogP contribution in [0.3, 0.4) is 0 Å². The van der Waals surface area contributed by atoms with Crippen LogP contribution < -0.4 is 9.88 Å². The first kappa shape index (κ1) is 18.0. The molecule has 0 aliphatic carbocycles. The van der Waals surface area contributed by atoms with Gasteiger partial charge in [-0.3, -0.25) is 4.79 Å². The molecule has 140 valence electrons. The Morgan fingerprint density at radius 2 is 1.62 bits per heavy atom. The minimum atomic E-state index is -0.176. The number of anilines is 1. The molecular formula is C23H15BrN3OS+. The number of hydrogen-bond acceptors (Lipinski definition) is 3. The van der Waals surface area contributed by atoms with Crippen molar-refractivity contribution in [2.75, 3.05) is 5.32 Å². The van der Waals surface area contributed by atoms with Crippen molar-refractivity contribution in [3.05, 3.63) is 94.3 Å². The van der Waals surface area contributed by atoms with Crippen LogP contribution in [0.5, 0.6) is 0 Å². The van der Waals surface area contributed by atoms with Gasteiger partial charge in [-0.15, -0.1) is 0 Å². The molecule has 3 aromatic carbocycles. The number of aliphatic imine (C=N–C) groups is 1. The van der Waals surface area contributed by atoms with Crippen LogP contribution in [-0.2, 0) is 4.79 Å². The molecule has 0 atom stereocenters. The molecule has 1 aliphatic heterocycles. The first-order valence-corrected chi connectivity index (χ1v) is 10.7. The summed E-state index contributed by atoms with van der Waals surface area (Å²) in [5.41, 5.74) is 5.17. The van der Waals surface area contributed by atoms with Crippen molar-refractivity contribution < 1.29 is 9.36 Å². The molecule has 0 radical (unpaired) electrons. The Balaban J connectivity index is 1.70. The monoisotopic (exact) mass is 460 g/mol. The zero-order valence-electron chi connectivity index (χ0n) is 15.2. The van der Waals surface area contributed by atoms with Crippen LogP contribution in [-0.4, -0.2) is 11.6 Å².